The summed E-state index contributed by atoms with van der Waals surface area (Å²) >= 11 is 12.5. The number of aromatic nitrogens is 1. The number of Topliss-reactive ketones (excluding diaryl/α,β-unsaturated/α-hetero) is 2. The van der Waals surface area contributed by atoms with Gasteiger partial charge in [-0.1, -0.05) is 36.0 Å². The summed E-state index contributed by atoms with van der Waals surface area (Å²) in [4.78, 5) is 42.2. The Morgan fingerprint density at radius 2 is 1.68 bits per heavy atom. The van der Waals surface area contributed by atoms with Gasteiger partial charge in [0.1, 0.15) is 11.4 Å². The van der Waals surface area contributed by atoms with Gasteiger partial charge < -0.3 is 9.84 Å². The van der Waals surface area contributed by atoms with Crippen molar-refractivity contribution >= 4 is 40.7 Å². The molecule has 6 nitrogen and oxygen atoms in total. The molecule has 2 saturated carbocycles. The highest BCUT2D eigenvalue weighted by molar-refractivity contribution is 6.40. The molecule has 2 aliphatic rings. The van der Waals surface area contributed by atoms with Crippen LogP contribution in [0.1, 0.15) is 115 Å². The van der Waals surface area contributed by atoms with Crippen LogP contribution in [-0.4, -0.2) is 40.4 Å². The van der Waals surface area contributed by atoms with E-state index in [1.165, 1.54) is 19.2 Å². The van der Waals surface area contributed by atoms with Crippen LogP contribution in [0.3, 0.4) is 0 Å². The van der Waals surface area contributed by atoms with E-state index in [2.05, 4.69) is 4.98 Å². The largest absolute Gasteiger partial charge is 0.497 e. The predicted molar refractivity (Wildman–Crippen MR) is 158 cm³/mol. The minimum Gasteiger partial charge on any atom is -0.497 e. The van der Waals surface area contributed by atoms with Gasteiger partial charge in [-0.05, 0) is 75.5 Å². The van der Waals surface area contributed by atoms with Gasteiger partial charge in [-0.15, -0.1) is 0 Å². The molecule has 1 unspecified atom stereocenters. The van der Waals surface area contributed by atoms with Gasteiger partial charge in [0, 0.05) is 42.1 Å². The van der Waals surface area contributed by atoms with Crippen LogP contribution < -0.4 is 4.74 Å². The van der Waals surface area contributed by atoms with Gasteiger partial charge in [-0.25, -0.2) is 4.39 Å². The van der Waals surface area contributed by atoms with Crippen molar-refractivity contribution in [3.63, 3.8) is 0 Å². The predicted octanol–water partition coefficient (Wildman–Crippen LogP) is 9.30. The van der Waals surface area contributed by atoms with Crippen molar-refractivity contribution in [1.82, 2.24) is 4.98 Å². The highest BCUT2D eigenvalue weighted by atomic mass is 35.5. The number of carbonyl (C=O) groups excluding carboxylic acids is 2. The Labute approximate surface area is 263 Å². The first-order valence-electron chi connectivity index (χ1n) is 14.8. The molecule has 1 N–H and O–H groups in total. The summed E-state index contributed by atoms with van der Waals surface area (Å²) in [6, 6.07) is 3.70. The fourth-order valence-electron chi connectivity index (χ4n) is 6.60. The lowest BCUT2D eigenvalue weighted by atomic mass is 9.78. The van der Waals surface area contributed by atoms with Crippen molar-refractivity contribution in [3.05, 3.63) is 56.8 Å². The fourth-order valence-corrected chi connectivity index (χ4v) is 7.28. The summed E-state index contributed by atoms with van der Waals surface area (Å²) < 4.78 is 63.9. The van der Waals surface area contributed by atoms with Gasteiger partial charge in [0.15, 0.2) is 11.6 Å². The zero-order valence-corrected chi connectivity index (χ0v) is 25.8. The average Bonchev–Trinajstić information content (AvgIpc) is 3.39. The molecule has 0 amide bonds. The van der Waals surface area contributed by atoms with Crippen LogP contribution in [0.15, 0.2) is 24.4 Å². The molecule has 2 aliphatic carbocycles. The number of alkyl halides is 4. The molecule has 2 fully saturated rings. The van der Waals surface area contributed by atoms with Crippen LogP contribution in [0.2, 0.25) is 10.0 Å². The number of benzene rings is 1. The van der Waals surface area contributed by atoms with Crippen LogP contribution in [0.25, 0.3) is 0 Å². The maximum atomic E-state index is 15.7. The summed E-state index contributed by atoms with van der Waals surface area (Å²) in [5, 5.41) is 9.10. The van der Waals surface area contributed by atoms with Crippen LogP contribution in [-0.2, 0) is 11.0 Å². The van der Waals surface area contributed by atoms with E-state index in [-0.39, 0.29) is 71.7 Å². The molecule has 240 valence electrons. The Balaban J connectivity index is 1.59. The van der Waals surface area contributed by atoms with Crippen molar-refractivity contribution in [1.29, 1.82) is 0 Å². The lowest BCUT2D eigenvalue weighted by Gasteiger charge is -2.28. The molecule has 44 heavy (non-hydrogen) atoms. The Kier molecular flexibility index (Phi) is 11.0. The number of aliphatic carboxylic acids is 1. The number of hydrogen-bond acceptors (Lipinski definition) is 5. The van der Waals surface area contributed by atoms with E-state index in [4.69, 9.17) is 33.0 Å². The standard InChI is InChI=1S/C32H35Cl2F4NO5/c1-44-21-13-24(33)29(25(34)14-21)27(40)9-8-20(16-31(35)10-2-3-11-31)30(43)22-17-39-26(15-23(22)32(36,37)38)19-6-4-18(5-7-19)12-28(41)42/h13-15,17-20H,2-12,16H2,1H3,(H,41,42). The third-order valence-corrected chi connectivity index (χ3v) is 9.55. The Morgan fingerprint density at radius 3 is 2.23 bits per heavy atom. The zero-order chi connectivity index (χ0) is 32.2. The van der Waals surface area contributed by atoms with E-state index in [1.807, 2.05) is 0 Å². The molecule has 0 saturated heterocycles. The molecule has 0 bridgehead atoms. The van der Waals surface area contributed by atoms with E-state index in [0.29, 0.717) is 44.3 Å². The molecular formula is C32H35Cl2F4NO5. The normalized spacial score (nSPS) is 20.7. The number of methoxy groups -OCH3 is 1. The molecular weight excluding hydrogens is 625 g/mol. The van der Waals surface area contributed by atoms with Gasteiger partial charge in [-0.2, -0.15) is 13.2 Å². The number of carbonyl (C=O) groups is 3. The SMILES string of the molecule is COc1cc(Cl)c(C(=O)CCC(CC2(F)CCCC2)C(=O)c2cnc(C3CCC(CC(=O)O)CC3)cc2C(F)(F)F)c(Cl)c1. The maximum absolute atomic E-state index is 15.7. The Morgan fingerprint density at radius 1 is 1.07 bits per heavy atom. The number of ether oxygens (including phenoxy) is 1. The summed E-state index contributed by atoms with van der Waals surface area (Å²) in [6.45, 7) is 0. The monoisotopic (exact) mass is 659 g/mol. The number of ketones is 2. The van der Waals surface area contributed by atoms with Crippen LogP contribution in [0.5, 0.6) is 5.75 Å². The zero-order valence-electron chi connectivity index (χ0n) is 24.3. The van der Waals surface area contributed by atoms with Crippen LogP contribution >= 0.6 is 23.2 Å². The molecule has 1 heterocycles. The minimum atomic E-state index is -4.88. The lowest BCUT2D eigenvalue weighted by molar-refractivity contribution is -0.139. The first-order valence-corrected chi connectivity index (χ1v) is 15.5. The van der Waals surface area contributed by atoms with Gasteiger partial charge in [0.25, 0.3) is 0 Å². The molecule has 0 aliphatic heterocycles. The van der Waals surface area contributed by atoms with Gasteiger partial charge in [-0.3, -0.25) is 19.4 Å². The molecule has 4 rings (SSSR count). The number of pyridine rings is 1. The minimum absolute atomic E-state index is 0.00348. The second-order valence-corrected chi connectivity index (χ2v) is 12.8. The number of nitrogens with zero attached hydrogens (tertiary/aromatic N) is 1. The molecule has 1 atom stereocenters. The summed E-state index contributed by atoms with van der Waals surface area (Å²) in [5.74, 6) is -3.57. The average molecular weight is 661 g/mol. The van der Waals surface area contributed by atoms with Crippen LogP contribution in [0, 0.1) is 11.8 Å². The van der Waals surface area contributed by atoms with Crippen molar-refractivity contribution in [2.75, 3.05) is 7.11 Å². The van der Waals surface area contributed by atoms with Gasteiger partial charge >= 0.3 is 12.1 Å². The van der Waals surface area contributed by atoms with Crippen LogP contribution in [0.4, 0.5) is 17.6 Å². The first-order chi connectivity index (χ1) is 20.7. The Hall–Kier alpha value is -2.72. The lowest BCUT2D eigenvalue weighted by Crippen LogP contribution is -2.29. The Bertz CT molecular complexity index is 1360. The molecule has 1 aromatic carbocycles. The quantitative estimate of drug-likeness (QED) is 0.180. The molecule has 12 heteroatoms. The number of rotatable bonds is 12. The van der Waals surface area contributed by atoms with E-state index >= 15 is 4.39 Å². The number of halogens is 6. The topological polar surface area (TPSA) is 93.6 Å². The summed E-state index contributed by atoms with van der Waals surface area (Å²) in [6.07, 6.45) is -1.07. The van der Waals surface area contributed by atoms with Gasteiger partial charge in [0.05, 0.1) is 28.3 Å². The fraction of sp³-hybridized carbons (Fsp3) is 0.562. The number of carboxylic acid groups (broad SMARTS) is 1. The van der Waals surface area contributed by atoms with E-state index in [0.717, 1.165) is 12.3 Å². The number of carboxylic acids is 1. The smallest absolute Gasteiger partial charge is 0.417 e. The third-order valence-electron chi connectivity index (χ3n) is 8.96. The van der Waals surface area contributed by atoms with Crippen molar-refractivity contribution < 1.29 is 41.8 Å². The molecule has 0 spiro atoms. The van der Waals surface area contributed by atoms with Crippen molar-refractivity contribution in [2.24, 2.45) is 11.8 Å². The van der Waals surface area contributed by atoms with E-state index in [1.54, 1.807) is 0 Å². The summed E-state index contributed by atoms with van der Waals surface area (Å²) in [5.41, 5.74) is -3.33. The van der Waals surface area contributed by atoms with Crippen molar-refractivity contribution in [2.45, 2.75) is 94.8 Å². The molecule has 0 radical (unpaired) electrons. The second kappa shape index (κ2) is 14.1. The van der Waals surface area contributed by atoms with E-state index < -0.39 is 46.4 Å². The highest BCUT2D eigenvalue weighted by Gasteiger charge is 2.42. The van der Waals surface area contributed by atoms with Gasteiger partial charge in [0.2, 0.25) is 0 Å². The highest BCUT2D eigenvalue weighted by Crippen LogP contribution is 2.43. The van der Waals surface area contributed by atoms with E-state index in [9.17, 15) is 27.6 Å². The first kappa shape index (κ1) is 34.2. The van der Waals surface area contributed by atoms with Crippen molar-refractivity contribution in [3.8, 4) is 5.75 Å². The molecule has 2 aromatic rings. The second-order valence-electron chi connectivity index (χ2n) is 12.0. The number of hydrogen-bond donors (Lipinski definition) is 1. The maximum Gasteiger partial charge on any atom is 0.417 e. The third kappa shape index (κ3) is 8.30. The molecule has 1 aromatic heterocycles. The summed E-state index contributed by atoms with van der Waals surface area (Å²) in [7, 11) is 1.40.